The first-order valence-corrected chi connectivity index (χ1v) is 23.3. The van der Waals surface area contributed by atoms with Gasteiger partial charge in [-0.3, -0.25) is 28.8 Å². The van der Waals surface area contributed by atoms with Crippen LogP contribution in [0, 0.1) is 16.7 Å². The number of hydrogen-bond donors (Lipinski definition) is 6. The molecule has 3 fully saturated rings. The molecular weight excluding hydrogens is 941 g/mol. The minimum atomic E-state index is -2.49. The molecule has 20 nitrogen and oxygen atoms in total. The van der Waals surface area contributed by atoms with Crippen LogP contribution < -0.4 is 10.6 Å². The van der Waals surface area contributed by atoms with E-state index in [1.54, 1.807) is 42.5 Å². The average Bonchev–Trinajstić information content (AvgIpc) is 3.86. The van der Waals surface area contributed by atoms with Crippen molar-refractivity contribution < 1.29 is 86.9 Å². The number of ketones is 1. The van der Waals surface area contributed by atoms with Crippen molar-refractivity contribution in [3.8, 4) is 0 Å². The fourth-order valence-corrected chi connectivity index (χ4v) is 10.9. The Kier molecular flexibility index (Phi) is 15.1. The first-order valence-electron chi connectivity index (χ1n) is 23.3. The Morgan fingerprint density at radius 1 is 0.903 bits per heavy atom. The van der Waals surface area contributed by atoms with Gasteiger partial charge in [-0.25, -0.2) is 9.59 Å². The van der Waals surface area contributed by atoms with Gasteiger partial charge in [0.15, 0.2) is 23.6 Å². The molecule has 2 aromatic carbocycles. The molecule has 1 aromatic heterocycles. The number of fused-ring (bicyclic) bond motifs is 5. The van der Waals surface area contributed by atoms with Gasteiger partial charge in [0.25, 0.3) is 0 Å². The Bertz CT molecular complexity index is 2650. The lowest BCUT2D eigenvalue weighted by Gasteiger charge is -2.67. The van der Waals surface area contributed by atoms with Crippen LogP contribution in [0.1, 0.15) is 94.8 Å². The zero-order chi connectivity index (χ0) is 52.5. The Hall–Kier alpha value is -7.00. The summed E-state index contributed by atoms with van der Waals surface area (Å²) < 4.78 is 35.3. The Balaban J connectivity index is 1.31. The Morgan fingerprint density at radius 3 is 2.15 bits per heavy atom. The summed E-state index contributed by atoms with van der Waals surface area (Å²) in [6, 6.07) is 13.8. The van der Waals surface area contributed by atoms with Crippen LogP contribution in [-0.4, -0.2) is 128 Å². The van der Waals surface area contributed by atoms with Gasteiger partial charge in [0.1, 0.15) is 30.0 Å². The monoisotopic (exact) mass is 998 g/mol. The third-order valence-corrected chi connectivity index (χ3v) is 14.7. The molecule has 2 saturated carbocycles. The molecule has 4 aliphatic rings. The Morgan fingerprint density at radius 2 is 1.57 bits per heavy atom. The summed E-state index contributed by atoms with van der Waals surface area (Å²) in [4.78, 5) is 109. The molecule has 0 unspecified atom stereocenters. The SMILES string of the molecule is CC(=O)O[C@H]1C(=O)[C@@]2(C)[C@H]([C@H](OC(=O)c3ccccc3)[C@]3(O)C[C@H](OC(=O)[C@H](O)[C@@H](NC(=O)[C@@H](CCC(=O)O)NC(=O)/C=C/c4ccoc4)c4ccccc4)C(C)=C1C3(C)C)[C@]1(OC(C)=O)CO[C@@H]1C[C@@H]2O. The van der Waals surface area contributed by atoms with Crippen LogP contribution in [-0.2, 0) is 57.2 Å². The van der Waals surface area contributed by atoms with Crippen LogP contribution in [0.3, 0.4) is 0 Å². The molecule has 6 N–H and O–H groups in total. The largest absolute Gasteiger partial charge is 0.481 e. The van der Waals surface area contributed by atoms with Gasteiger partial charge in [-0.2, -0.15) is 0 Å². The standard InChI is InChI=1S/C52H58N2O18/c1-27-34(70-48(65)41(61)40(31-13-9-7-10-14-31)54-46(63)33(18-20-38(59)60)53-37(58)19-17-30-21-22-67-25-30)24-52(66)45(71-47(64)32-15-11-8-12-16-32)43-50(6,35(57)23-36-51(43,26-68-36)72-29(3)56)44(62)42(69-28(2)55)39(27)49(52,4)5/h7-17,19,21-22,25,33-36,40-43,45,57,61,66H,18,20,23-24,26H2,1-6H3,(H,53,58)(H,54,63)(H,59,60)/b19-17+/t33-,34+,35+,36-,40+,41-,42-,43+,45+,50-,51+,52-/m1/s1. The average molecular weight is 999 g/mol. The number of carboxylic acid groups (broad SMARTS) is 1. The number of aliphatic hydroxyl groups is 3. The third-order valence-electron chi connectivity index (χ3n) is 14.7. The molecule has 2 amide bonds. The molecular formula is C52H58N2O18. The van der Waals surface area contributed by atoms with E-state index >= 15 is 4.79 Å². The van der Waals surface area contributed by atoms with Gasteiger partial charge >= 0.3 is 29.8 Å². The quantitative estimate of drug-likeness (QED) is 0.0520. The minimum Gasteiger partial charge on any atom is -0.481 e. The number of hydrogen-bond acceptors (Lipinski definition) is 17. The predicted molar refractivity (Wildman–Crippen MR) is 248 cm³/mol. The number of esters is 4. The molecule has 3 aromatic rings. The van der Waals surface area contributed by atoms with Crippen LogP contribution >= 0.6 is 0 Å². The first kappa shape index (κ1) is 52.8. The number of aliphatic carboxylic acids is 1. The number of amides is 2. The molecule has 72 heavy (non-hydrogen) atoms. The molecule has 1 saturated heterocycles. The number of furan rings is 1. The molecule has 20 heteroatoms. The topological polar surface area (TPSA) is 301 Å². The van der Waals surface area contributed by atoms with Gasteiger partial charge in [0, 0.05) is 50.2 Å². The zero-order valence-electron chi connectivity index (χ0n) is 40.4. The molecule has 0 radical (unpaired) electrons. The first-order chi connectivity index (χ1) is 34.0. The molecule has 0 spiro atoms. The summed E-state index contributed by atoms with van der Waals surface area (Å²) in [6.07, 6.45) is -7.07. The molecule has 2 heterocycles. The summed E-state index contributed by atoms with van der Waals surface area (Å²) in [7, 11) is 0. The van der Waals surface area contributed by atoms with Crippen molar-refractivity contribution in [2.75, 3.05) is 6.61 Å². The van der Waals surface area contributed by atoms with Crippen molar-refractivity contribution in [3.63, 3.8) is 0 Å². The van der Waals surface area contributed by atoms with E-state index in [0.29, 0.717) is 5.56 Å². The number of carbonyl (C=O) groups is 8. The predicted octanol–water partition coefficient (Wildman–Crippen LogP) is 3.08. The van der Waals surface area contributed by atoms with Crippen LogP contribution in [0.4, 0.5) is 0 Å². The van der Waals surface area contributed by atoms with Crippen molar-refractivity contribution in [3.05, 3.63) is 113 Å². The number of benzene rings is 2. The summed E-state index contributed by atoms with van der Waals surface area (Å²) in [5.41, 5.74) is -7.52. The van der Waals surface area contributed by atoms with Gasteiger partial charge in [-0.05, 0) is 61.3 Å². The van der Waals surface area contributed by atoms with E-state index in [1.165, 1.54) is 70.6 Å². The lowest BCUT2D eigenvalue weighted by atomic mass is 9.44. The van der Waals surface area contributed by atoms with Crippen LogP contribution in [0.15, 0.2) is 101 Å². The summed E-state index contributed by atoms with van der Waals surface area (Å²) in [5.74, 6) is -9.75. The molecule has 2 bridgehead atoms. The van der Waals surface area contributed by atoms with Crippen LogP contribution in [0.5, 0.6) is 0 Å². The highest BCUT2D eigenvalue weighted by molar-refractivity contribution is 5.97. The van der Waals surface area contributed by atoms with Gasteiger partial charge in [0.05, 0.1) is 48.2 Å². The number of ether oxygens (including phenoxy) is 5. The summed E-state index contributed by atoms with van der Waals surface area (Å²) >= 11 is 0. The van der Waals surface area contributed by atoms with E-state index in [2.05, 4.69) is 10.6 Å². The van der Waals surface area contributed by atoms with Crippen molar-refractivity contribution in [2.24, 2.45) is 16.7 Å². The van der Waals surface area contributed by atoms with Crippen molar-refractivity contribution in [2.45, 2.75) is 127 Å². The highest BCUT2D eigenvalue weighted by atomic mass is 16.6. The number of aliphatic hydroxyl groups excluding tert-OH is 2. The van der Waals surface area contributed by atoms with E-state index in [-0.39, 0.29) is 35.3 Å². The fourth-order valence-electron chi connectivity index (χ4n) is 10.9. The number of carbonyl (C=O) groups excluding carboxylic acids is 7. The minimum absolute atomic E-state index is 0.0180. The third kappa shape index (κ3) is 9.82. The number of Topliss-reactive ketones (excluding diaryl/α,β-unsaturated/α-hetero) is 1. The highest BCUT2D eigenvalue weighted by Crippen LogP contribution is 2.64. The normalized spacial score (nSPS) is 29.5. The van der Waals surface area contributed by atoms with Crippen LogP contribution in [0.25, 0.3) is 6.08 Å². The maximum atomic E-state index is 15.6. The molecule has 7 rings (SSSR count). The van der Waals surface area contributed by atoms with Gasteiger partial charge in [-0.1, -0.05) is 62.4 Å². The van der Waals surface area contributed by atoms with Crippen molar-refractivity contribution >= 4 is 53.5 Å². The van der Waals surface area contributed by atoms with E-state index in [9.17, 15) is 54.0 Å². The molecule has 3 aliphatic carbocycles. The van der Waals surface area contributed by atoms with Crippen molar-refractivity contribution in [1.29, 1.82) is 0 Å². The second-order valence-corrected chi connectivity index (χ2v) is 19.4. The van der Waals surface area contributed by atoms with E-state index in [4.69, 9.17) is 28.1 Å². The lowest BCUT2D eigenvalue weighted by molar-refractivity contribution is -0.346. The highest BCUT2D eigenvalue weighted by Gasteiger charge is 2.78. The summed E-state index contributed by atoms with van der Waals surface area (Å²) in [6.45, 7) is 7.63. The number of carboxylic acids is 1. The fraction of sp³-hybridized carbons (Fsp3) is 0.462. The maximum absolute atomic E-state index is 15.6. The number of nitrogens with one attached hydrogen (secondary N) is 2. The van der Waals surface area contributed by atoms with Crippen molar-refractivity contribution in [1.82, 2.24) is 10.6 Å². The smallest absolute Gasteiger partial charge is 0.338 e. The number of rotatable bonds is 16. The van der Waals surface area contributed by atoms with Crippen LogP contribution in [0.2, 0.25) is 0 Å². The van der Waals surface area contributed by atoms with Gasteiger partial charge < -0.3 is 59.2 Å². The van der Waals surface area contributed by atoms with E-state index in [1.807, 2.05) is 0 Å². The maximum Gasteiger partial charge on any atom is 0.338 e. The van der Waals surface area contributed by atoms with E-state index < -0.39 is 143 Å². The summed E-state index contributed by atoms with van der Waals surface area (Å²) in [5, 5.41) is 52.4. The molecule has 1 aliphatic heterocycles. The second-order valence-electron chi connectivity index (χ2n) is 19.4. The molecule has 384 valence electrons. The van der Waals surface area contributed by atoms with Gasteiger partial charge in [0.2, 0.25) is 11.8 Å². The second kappa shape index (κ2) is 20.6. The van der Waals surface area contributed by atoms with E-state index in [0.717, 1.165) is 19.9 Å². The zero-order valence-corrected chi connectivity index (χ0v) is 40.4. The van der Waals surface area contributed by atoms with Gasteiger partial charge in [-0.15, -0.1) is 0 Å². The molecule has 12 atom stereocenters. The Labute approximate surface area is 413 Å². The lowest BCUT2D eigenvalue weighted by Crippen LogP contribution is -2.82.